The lowest BCUT2D eigenvalue weighted by Crippen LogP contribution is -2.49. The Bertz CT molecular complexity index is 403. The first-order valence-electron chi connectivity index (χ1n) is 6.12. The average molecular weight is 258 g/mol. The van der Waals surface area contributed by atoms with Crippen LogP contribution in [-0.4, -0.2) is 37.1 Å². The number of nitrogens with zero attached hydrogens (tertiary/aromatic N) is 2. The third kappa shape index (κ3) is 2.61. The SMILES string of the molecule is CC(C)N1CCN(c2c(F)cc(F)cc2F)CC1. The number of hydrogen-bond acceptors (Lipinski definition) is 2. The van der Waals surface area contributed by atoms with Crippen LogP contribution in [0.3, 0.4) is 0 Å². The quantitative estimate of drug-likeness (QED) is 0.804. The van der Waals surface area contributed by atoms with Gasteiger partial charge in [-0.1, -0.05) is 0 Å². The van der Waals surface area contributed by atoms with Crippen LogP contribution in [0.5, 0.6) is 0 Å². The van der Waals surface area contributed by atoms with Crippen molar-refractivity contribution in [1.82, 2.24) is 4.90 Å². The summed E-state index contributed by atoms with van der Waals surface area (Å²) in [6, 6.07) is 1.88. The highest BCUT2D eigenvalue weighted by Gasteiger charge is 2.23. The van der Waals surface area contributed by atoms with Crippen LogP contribution in [0.4, 0.5) is 18.9 Å². The van der Waals surface area contributed by atoms with E-state index in [1.165, 1.54) is 0 Å². The summed E-state index contributed by atoms with van der Waals surface area (Å²) in [6.07, 6.45) is 0. The number of benzene rings is 1. The molecule has 1 heterocycles. The van der Waals surface area contributed by atoms with Gasteiger partial charge in [-0.2, -0.15) is 0 Å². The molecule has 0 unspecified atom stereocenters. The summed E-state index contributed by atoms with van der Waals surface area (Å²) < 4.78 is 40.1. The Morgan fingerprint density at radius 3 is 1.89 bits per heavy atom. The number of rotatable bonds is 2. The summed E-state index contributed by atoms with van der Waals surface area (Å²) in [4.78, 5) is 3.89. The van der Waals surface area contributed by atoms with Gasteiger partial charge in [0.2, 0.25) is 0 Å². The van der Waals surface area contributed by atoms with Gasteiger partial charge in [-0.05, 0) is 13.8 Å². The Kier molecular flexibility index (Phi) is 3.80. The first-order chi connectivity index (χ1) is 8.49. The second-order valence-corrected chi connectivity index (χ2v) is 4.83. The van der Waals surface area contributed by atoms with Crippen molar-refractivity contribution in [3.63, 3.8) is 0 Å². The number of anilines is 1. The van der Waals surface area contributed by atoms with Crippen molar-refractivity contribution in [2.75, 3.05) is 31.1 Å². The molecule has 0 N–H and O–H groups in total. The molecule has 1 fully saturated rings. The van der Waals surface area contributed by atoms with Crippen LogP contribution in [0.2, 0.25) is 0 Å². The van der Waals surface area contributed by atoms with Gasteiger partial charge in [0.05, 0.1) is 0 Å². The molecule has 0 spiro atoms. The third-order valence-electron chi connectivity index (χ3n) is 3.34. The molecule has 5 heteroatoms. The maximum atomic E-state index is 13.6. The van der Waals surface area contributed by atoms with E-state index in [1.807, 2.05) is 0 Å². The van der Waals surface area contributed by atoms with Crippen LogP contribution in [0, 0.1) is 17.5 Å². The first kappa shape index (κ1) is 13.2. The summed E-state index contributed by atoms with van der Waals surface area (Å²) in [5, 5.41) is 0. The lowest BCUT2D eigenvalue weighted by molar-refractivity contribution is 0.208. The van der Waals surface area contributed by atoms with E-state index in [4.69, 9.17) is 0 Å². The maximum absolute atomic E-state index is 13.6. The van der Waals surface area contributed by atoms with E-state index in [9.17, 15) is 13.2 Å². The molecule has 1 aromatic carbocycles. The summed E-state index contributed by atoms with van der Waals surface area (Å²) >= 11 is 0. The van der Waals surface area contributed by atoms with Gasteiger partial charge in [0.15, 0.2) is 11.6 Å². The van der Waals surface area contributed by atoms with Crippen LogP contribution in [0.15, 0.2) is 12.1 Å². The molecule has 2 nitrogen and oxygen atoms in total. The van der Waals surface area contributed by atoms with Crippen LogP contribution in [0.25, 0.3) is 0 Å². The molecule has 1 aliphatic heterocycles. The van der Waals surface area contributed by atoms with Crippen molar-refractivity contribution < 1.29 is 13.2 Å². The van der Waals surface area contributed by atoms with Gasteiger partial charge in [0.1, 0.15) is 11.5 Å². The van der Waals surface area contributed by atoms with Crippen molar-refractivity contribution in [3.8, 4) is 0 Å². The van der Waals surface area contributed by atoms with E-state index in [-0.39, 0.29) is 5.69 Å². The molecule has 0 bridgehead atoms. The normalized spacial score (nSPS) is 17.6. The van der Waals surface area contributed by atoms with Gasteiger partial charge in [-0.15, -0.1) is 0 Å². The van der Waals surface area contributed by atoms with Crippen LogP contribution in [0.1, 0.15) is 13.8 Å². The molecule has 0 aromatic heterocycles. The number of piperazine rings is 1. The molecular formula is C13H17F3N2. The first-order valence-corrected chi connectivity index (χ1v) is 6.12. The minimum Gasteiger partial charge on any atom is -0.364 e. The molecule has 0 aliphatic carbocycles. The summed E-state index contributed by atoms with van der Waals surface area (Å²) in [5.74, 6) is -2.54. The topological polar surface area (TPSA) is 6.48 Å². The fraction of sp³-hybridized carbons (Fsp3) is 0.538. The van der Waals surface area contributed by atoms with Crippen molar-refractivity contribution in [1.29, 1.82) is 0 Å². The predicted octanol–water partition coefficient (Wildman–Crippen LogP) is 2.63. The van der Waals surface area contributed by atoms with Gasteiger partial charge in [-0.25, -0.2) is 13.2 Å². The molecule has 2 rings (SSSR count). The Labute approximate surface area is 105 Å². The Balaban J connectivity index is 2.15. The number of halogens is 3. The largest absolute Gasteiger partial charge is 0.364 e. The second-order valence-electron chi connectivity index (χ2n) is 4.83. The molecule has 1 saturated heterocycles. The van der Waals surface area contributed by atoms with E-state index < -0.39 is 17.5 Å². The molecule has 1 aromatic rings. The number of hydrogen-bond donors (Lipinski definition) is 0. The standard InChI is InChI=1S/C13H17F3N2/c1-9(2)17-3-5-18(6-4-17)13-11(15)7-10(14)8-12(13)16/h7-9H,3-6H2,1-2H3. The summed E-state index contributed by atoms with van der Waals surface area (Å²) in [6.45, 7) is 6.81. The lowest BCUT2D eigenvalue weighted by atomic mass is 10.2. The lowest BCUT2D eigenvalue weighted by Gasteiger charge is -2.38. The molecule has 0 atom stereocenters. The van der Waals surface area contributed by atoms with Crippen LogP contribution < -0.4 is 4.90 Å². The third-order valence-corrected chi connectivity index (χ3v) is 3.34. The van der Waals surface area contributed by atoms with E-state index in [1.54, 1.807) is 4.90 Å². The minimum absolute atomic E-state index is 0.111. The zero-order valence-electron chi connectivity index (χ0n) is 10.6. The predicted molar refractivity (Wildman–Crippen MR) is 65.2 cm³/mol. The van der Waals surface area contributed by atoms with E-state index in [0.29, 0.717) is 19.1 Å². The summed E-state index contributed by atoms with van der Waals surface area (Å²) in [7, 11) is 0. The highest BCUT2D eigenvalue weighted by molar-refractivity contribution is 5.49. The molecule has 100 valence electrons. The summed E-state index contributed by atoms with van der Waals surface area (Å²) in [5.41, 5.74) is -0.111. The monoisotopic (exact) mass is 258 g/mol. The van der Waals surface area contributed by atoms with E-state index in [2.05, 4.69) is 18.7 Å². The molecule has 18 heavy (non-hydrogen) atoms. The fourth-order valence-corrected chi connectivity index (χ4v) is 2.30. The second kappa shape index (κ2) is 5.18. The fourth-order valence-electron chi connectivity index (χ4n) is 2.30. The minimum atomic E-state index is -0.880. The van der Waals surface area contributed by atoms with Gasteiger partial charge in [0, 0.05) is 44.4 Å². The zero-order chi connectivity index (χ0) is 13.3. The van der Waals surface area contributed by atoms with Crippen molar-refractivity contribution >= 4 is 5.69 Å². The Morgan fingerprint density at radius 2 is 1.44 bits per heavy atom. The highest BCUT2D eigenvalue weighted by atomic mass is 19.1. The molecule has 1 aliphatic rings. The molecule has 0 amide bonds. The molecule has 0 saturated carbocycles. The van der Waals surface area contributed by atoms with Crippen molar-refractivity contribution in [3.05, 3.63) is 29.6 Å². The Morgan fingerprint density at radius 1 is 0.944 bits per heavy atom. The average Bonchev–Trinajstić information content (AvgIpc) is 2.28. The van der Waals surface area contributed by atoms with Crippen molar-refractivity contribution in [2.24, 2.45) is 0 Å². The maximum Gasteiger partial charge on any atom is 0.152 e. The van der Waals surface area contributed by atoms with Gasteiger partial charge in [0.25, 0.3) is 0 Å². The van der Waals surface area contributed by atoms with E-state index in [0.717, 1.165) is 25.2 Å². The van der Waals surface area contributed by atoms with Crippen molar-refractivity contribution in [2.45, 2.75) is 19.9 Å². The highest BCUT2D eigenvalue weighted by Crippen LogP contribution is 2.25. The van der Waals surface area contributed by atoms with E-state index >= 15 is 0 Å². The van der Waals surface area contributed by atoms with Gasteiger partial charge < -0.3 is 4.90 Å². The molecule has 0 radical (unpaired) electrons. The Hall–Kier alpha value is -1.23. The van der Waals surface area contributed by atoms with Gasteiger partial charge >= 0.3 is 0 Å². The van der Waals surface area contributed by atoms with Crippen LogP contribution in [-0.2, 0) is 0 Å². The smallest absolute Gasteiger partial charge is 0.152 e. The zero-order valence-corrected chi connectivity index (χ0v) is 10.6. The van der Waals surface area contributed by atoms with Gasteiger partial charge in [-0.3, -0.25) is 4.90 Å². The van der Waals surface area contributed by atoms with Crippen LogP contribution >= 0.6 is 0 Å². The molecular weight excluding hydrogens is 241 g/mol.